The van der Waals surface area contributed by atoms with Crippen molar-refractivity contribution in [3.05, 3.63) is 29.6 Å². The first-order valence-corrected chi connectivity index (χ1v) is 6.77. The molecule has 0 saturated heterocycles. The van der Waals surface area contributed by atoms with Crippen LogP contribution in [0, 0.1) is 5.82 Å². The minimum atomic E-state index is -4.22. The highest BCUT2D eigenvalue weighted by Gasteiger charge is 2.26. The van der Waals surface area contributed by atoms with E-state index in [2.05, 4.69) is 15.6 Å². The van der Waals surface area contributed by atoms with Crippen LogP contribution in [-0.2, 0) is 6.54 Å². The molecule has 0 heterocycles. The summed E-state index contributed by atoms with van der Waals surface area (Å²) < 4.78 is 54.6. The van der Waals surface area contributed by atoms with Crippen LogP contribution in [0.4, 0.5) is 17.6 Å². The fourth-order valence-corrected chi connectivity index (χ4v) is 1.64. The molecule has 4 nitrogen and oxygen atoms in total. The predicted molar refractivity (Wildman–Crippen MR) is 76.4 cm³/mol. The second-order valence-electron chi connectivity index (χ2n) is 4.46. The van der Waals surface area contributed by atoms with E-state index in [9.17, 15) is 17.6 Å². The molecule has 0 amide bonds. The maximum atomic E-state index is 13.5. The lowest BCUT2D eigenvalue weighted by Crippen LogP contribution is -2.38. The molecule has 2 N–H and O–H groups in total. The van der Waals surface area contributed by atoms with Crippen LogP contribution in [0.25, 0.3) is 0 Å². The fraction of sp³-hybridized carbons (Fsp3) is 0.500. The summed E-state index contributed by atoms with van der Waals surface area (Å²) in [7, 11) is 1.37. The highest BCUT2D eigenvalue weighted by molar-refractivity contribution is 5.79. The zero-order valence-corrected chi connectivity index (χ0v) is 12.4. The maximum absolute atomic E-state index is 13.5. The summed E-state index contributed by atoms with van der Waals surface area (Å²) in [4.78, 5) is 4.12. The topological polar surface area (TPSA) is 45.7 Å². The van der Waals surface area contributed by atoms with Gasteiger partial charge in [0, 0.05) is 13.1 Å². The number of hydrogen-bond acceptors (Lipinski definition) is 2. The zero-order chi connectivity index (χ0) is 16.6. The molecule has 0 atom stereocenters. The van der Waals surface area contributed by atoms with E-state index < -0.39 is 18.4 Å². The summed E-state index contributed by atoms with van der Waals surface area (Å²) in [6.45, 7) is 2.18. The number of halogens is 4. The maximum Gasteiger partial charge on any atom is 0.390 e. The van der Waals surface area contributed by atoms with Crippen LogP contribution >= 0.6 is 0 Å². The lowest BCUT2D eigenvalue weighted by molar-refractivity contribution is -0.132. The normalized spacial score (nSPS) is 12.2. The van der Waals surface area contributed by atoms with Crippen molar-refractivity contribution in [1.29, 1.82) is 0 Å². The van der Waals surface area contributed by atoms with Gasteiger partial charge in [0.2, 0.25) is 0 Å². The number of methoxy groups -OCH3 is 1. The highest BCUT2D eigenvalue weighted by atomic mass is 19.4. The van der Waals surface area contributed by atoms with Crippen molar-refractivity contribution >= 4 is 5.96 Å². The summed E-state index contributed by atoms with van der Waals surface area (Å²) >= 11 is 0. The molecule has 0 spiro atoms. The summed E-state index contributed by atoms with van der Waals surface area (Å²) in [5.74, 6) is -0.129. The minimum Gasteiger partial charge on any atom is -0.494 e. The molecule has 1 aromatic carbocycles. The monoisotopic (exact) mass is 321 g/mol. The second-order valence-corrected chi connectivity index (χ2v) is 4.46. The molecule has 0 unspecified atom stereocenters. The molecule has 0 aliphatic rings. The van der Waals surface area contributed by atoms with E-state index >= 15 is 0 Å². The molecule has 0 saturated carbocycles. The predicted octanol–water partition coefficient (Wildman–Crippen LogP) is 2.84. The minimum absolute atomic E-state index is 0.128. The van der Waals surface area contributed by atoms with E-state index in [0.29, 0.717) is 12.1 Å². The van der Waals surface area contributed by atoms with Crippen molar-refractivity contribution in [3.8, 4) is 5.75 Å². The summed E-state index contributed by atoms with van der Waals surface area (Å²) in [5, 5.41) is 5.41. The first-order valence-electron chi connectivity index (χ1n) is 6.77. The molecule has 8 heteroatoms. The number of hydrogen-bond donors (Lipinski definition) is 2. The van der Waals surface area contributed by atoms with Crippen LogP contribution in [0.3, 0.4) is 0 Å². The van der Waals surface area contributed by atoms with Gasteiger partial charge in [0.1, 0.15) is 0 Å². The van der Waals surface area contributed by atoms with Crippen LogP contribution in [-0.4, -0.2) is 32.3 Å². The Hall–Kier alpha value is -1.99. The lowest BCUT2D eigenvalue weighted by Gasteiger charge is -2.12. The molecule has 0 fully saturated rings. The van der Waals surface area contributed by atoms with E-state index in [-0.39, 0.29) is 24.8 Å². The van der Waals surface area contributed by atoms with Crippen molar-refractivity contribution in [2.45, 2.75) is 26.1 Å². The van der Waals surface area contributed by atoms with E-state index in [1.807, 2.05) is 0 Å². The van der Waals surface area contributed by atoms with Gasteiger partial charge in [-0.2, -0.15) is 13.2 Å². The van der Waals surface area contributed by atoms with Gasteiger partial charge < -0.3 is 15.4 Å². The third kappa shape index (κ3) is 6.64. The highest BCUT2D eigenvalue weighted by Crippen LogP contribution is 2.19. The standard InChI is InChI=1S/C14H19F4N3O/c1-3-19-13(20-7-6-14(16,17)18)21-9-10-4-5-12(22-2)11(15)8-10/h4-5,8H,3,6-7,9H2,1-2H3,(H2,19,20,21). The third-order valence-corrected chi connectivity index (χ3v) is 2.68. The van der Waals surface area contributed by atoms with Crippen molar-refractivity contribution in [3.63, 3.8) is 0 Å². The van der Waals surface area contributed by atoms with Gasteiger partial charge >= 0.3 is 6.18 Å². The number of nitrogens with one attached hydrogen (secondary N) is 2. The summed E-state index contributed by atoms with van der Waals surface area (Å²) in [5.41, 5.74) is 0.589. The summed E-state index contributed by atoms with van der Waals surface area (Å²) in [6, 6.07) is 4.40. The van der Waals surface area contributed by atoms with E-state index in [4.69, 9.17) is 4.74 Å². The SMILES string of the molecule is CCNC(=NCc1ccc(OC)c(F)c1)NCCC(F)(F)F. The van der Waals surface area contributed by atoms with Gasteiger partial charge in [0.05, 0.1) is 20.1 Å². The molecule has 124 valence electrons. The number of ether oxygens (including phenoxy) is 1. The molecule has 0 aromatic heterocycles. The smallest absolute Gasteiger partial charge is 0.390 e. The second kappa shape index (κ2) is 8.45. The Kier molecular flexibility index (Phi) is 6.94. The number of benzene rings is 1. The number of guanidine groups is 1. The summed E-state index contributed by atoms with van der Waals surface area (Å²) in [6.07, 6.45) is -5.17. The van der Waals surface area contributed by atoms with Crippen molar-refractivity contribution in [2.24, 2.45) is 4.99 Å². The van der Waals surface area contributed by atoms with Crippen LogP contribution in [0.15, 0.2) is 23.2 Å². The van der Waals surface area contributed by atoms with Crippen molar-refractivity contribution in [2.75, 3.05) is 20.2 Å². The number of nitrogens with zero attached hydrogens (tertiary/aromatic N) is 1. The molecule has 0 aliphatic carbocycles. The van der Waals surface area contributed by atoms with Gasteiger partial charge in [-0.05, 0) is 24.6 Å². The van der Waals surface area contributed by atoms with E-state index in [0.717, 1.165) is 0 Å². The number of rotatable bonds is 6. The molecule has 1 aromatic rings. The molecular weight excluding hydrogens is 302 g/mol. The van der Waals surface area contributed by atoms with Crippen LogP contribution < -0.4 is 15.4 Å². The quantitative estimate of drug-likeness (QED) is 0.481. The molecule has 22 heavy (non-hydrogen) atoms. The first-order chi connectivity index (χ1) is 10.4. The third-order valence-electron chi connectivity index (χ3n) is 2.68. The van der Waals surface area contributed by atoms with Crippen molar-refractivity contribution in [1.82, 2.24) is 10.6 Å². The molecule has 1 rings (SSSR count). The molecule has 0 radical (unpaired) electrons. The zero-order valence-electron chi connectivity index (χ0n) is 12.4. The van der Waals surface area contributed by atoms with Crippen molar-refractivity contribution < 1.29 is 22.3 Å². The van der Waals surface area contributed by atoms with Crippen LogP contribution in [0.5, 0.6) is 5.75 Å². The Labute approximate surface area is 126 Å². The van der Waals surface area contributed by atoms with Gasteiger partial charge in [-0.15, -0.1) is 0 Å². The molecular formula is C14H19F4N3O. The Balaban J connectivity index is 2.63. The average Bonchev–Trinajstić information content (AvgIpc) is 2.43. The van der Waals surface area contributed by atoms with Gasteiger partial charge in [-0.25, -0.2) is 9.38 Å². The van der Waals surface area contributed by atoms with E-state index in [1.165, 1.54) is 19.2 Å². The number of alkyl halides is 3. The Morgan fingerprint density at radius 2 is 2.00 bits per heavy atom. The fourth-order valence-electron chi connectivity index (χ4n) is 1.64. The number of aliphatic imine (C=N–C) groups is 1. The average molecular weight is 321 g/mol. The first kappa shape index (κ1) is 18.1. The lowest BCUT2D eigenvalue weighted by atomic mass is 10.2. The van der Waals surface area contributed by atoms with E-state index in [1.54, 1.807) is 13.0 Å². The van der Waals surface area contributed by atoms with Gasteiger partial charge in [0.15, 0.2) is 17.5 Å². The Bertz CT molecular complexity index is 503. The molecule has 0 bridgehead atoms. The van der Waals surface area contributed by atoms with Crippen LogP contribution in [0.1, 0.15) is 18.9 Å². The van der Waals surface area contributed by atoms with Gasteiger partial charge in [0.25, 0.3) is 0 Å². The Morgan fingerprint density at radius 1 is 1.27 bits per heavy atom. The molecule has 0 aliphatic heterocycles. The Morgan fingerprint density at radius 3 is 2.55 bits per heavy atom. The largest absolute Gasteiger partial charge is 0.494 e. The van der Waals surface area contributed by atoms with Gasteiger partial charge in [-0.3, -0.25) is 0 Å². The van der Waals surface area contributed by atoms with Crippen LogP contribution in [0.2, 0.25) is 0 Å². The van der Waals surface area contributed by atoms with Gasteiger partial charge in [-0.1, -0.05) is 6.07 Å².